The summed E-state index contributed by atoms with van der Waals surface area (Å²) in [6.45, 7) is 0. The zero-order valence-electron chi connectivity index (χ0n) is 13.9. The Labute approximate surface area is 146 Å². The Bertz CT molecular complexity index is 966. The molecular formula is C22H19NS. The van der Waals surface area contributed by atoms with Crippen molar-refractivity contribution in [3.63, 3.8) is 0 Å². The lowest BCUT2D eigenvalue weighted by Gasteiger charge is -2.13. The standard InChI is InChI=1S/C22H19NS/c1-23(2)18-14-12-17(13-15-18)22-21(16-8-4-3-5-9-16)19-10-6-7-11-20(19)24-22/h3-15H,1-2H3. The van der Waals surface area contributed by atoms with Crippen molar-refractivity contribution in [3.8, 4) is 21.6 Å². The maximum absolute atomic E-state index is 2.23. The average molecular weight is 329 g/mol. The van der Waals surface area contributed by atoms with E-state index in [-0.39, 0.29) is 0 Å². The molecule has 0 bridgehead atoms. The number of fused-ring (bicyclic) bond motifs is 1. The third kappa shape index (κ3) is 2.59. The van der Waals surface area contributed by atoms with Gasteiger partial charge >= 0.3 is 0 Å². The number of benzene rings is 3. The Balaban J connectivity index is 1.95. The third-order valence-corrected chi connectivity index (χ3v) is 5.52. The van der Waals surface area contributed by atoms with Crippen molar-refractivity contribution in [3.05, 3.63) is 78.9 Å². The summed E-state index contributed by atoms with van der Waals surface area (Å²) in [7, 11) is 4.15. The van der Waals surface area contributed by atoms with Crippen LogP contribution in [0.5, 0.6) is 0 Å². The van der Waals surface area contributed by atoms with Gasteiger partial charge in [-0.1, -0.05) is 60.7 Å². The van der Waals surface area contributed by atoms with Crippen LogP contribution >= 0.6 is 11.3 Å². The van der Waals surface area contributed by atoms with E-state index in [9.17, 15) is 0 Å². The molecule has 4 aromatic rings. The number of hydrogen-bond acceptors (Lipinski definition) is 2. The van der Waals surface area contributed by atoms with Crippen LogP contribution in [0.3, 0.4) is 0 Å². The second kappa shape index (κ2) is 6.14. The first-order valence-corrected chi connectivity index (χ1v) is 8.90. The maximum atomic E-state index is 2.23. The molecular weight excluding hydrogens is 310 g/mol. The van der Waals surface area contributed by atoms with Crippen molar-refractivity contribution in [1.29, 1.82) is 0 Å². The van der Waals surface area contributed by atoms with Crippen molar-refractivity contribution in [2.24, 2.45) is 0 Å². The van der Waals surface area contributed by atoms with E-state index in [1.165, 1.54) is 37.3 Å². The van der Waals surface area contributed by atoms with Crippen molar-refractivity contribution in [1.82, 2.24) is 0 Å². The van der Waals surface area contributed by atoms with Crippen LogP contribution < -0.4 is 4.90 Å². The smallest absolute Gasteiger partial charge is 0.0433 e. The predicted molar refractivity (Wildman–Crippen MR) is 107 cm³/mol. The minimum atomic E-state index is 1.22. The second-order valence-corrected chi connectivity index (χ2v) is 7.16. The molecule has 2 heteroatoms. The highest BCUT2D eigenvalue weighted by molar-refractivity contribution is 7.23. The van der Waals surface area contributed by atoms with Crippen LogP contribution in [0.25, 0.3) is 31.7 Å². The maximum Gasteiger partial charge on any atom is 0.0433 e. The van der Waals surface area contributed by atoms with Crippen molar-refractivity contribution in [2.45, 2.75) is 0 Å². The first kappa shape index (κ1) is 15.0. The van der Waals surface area contributed by atoms with Crippen LogP contribution in [0.1, 0.15) is 0 Å². The zero-order valence-corrected chi connectivity index (χ0v) is 14.7. The summed E-state index contributed by atoms with van der Waals surface area (Å²) in [4.78, 5) is 3.47. The molecule has 0 saturated heterocycles. The minimum absolute atomic E-state index is 1.22. The molecule has 0 aliphatic rings. The zero-order chi connectivity index (χ0) is 16.5. The molecule has 0 amide bonds. The van der Waals surface area contributed by atoms with Crippen LogP contribution in [0, 0.1) is 0 Å². The van der Waals surface area contributed by atoms with Gasteiger partial charge in [0.05, 0.1) is 0 Å². The number of thiophene rings is 1. The molecule has 1 aromatic heterocycles. The van der Waals surface area contributed by atoms with Gasteiger partial charge in [-0.15, -0.1) is 11.3 Å². The summed E-state index contributed by atoms with van der Waals surface area (Å²) >= 11 is 1.87. The van der Waals surface area contributed by atoms with E-state index in [2.05, 4.69) is 97.9 Å². The second-order valence-electron chi connectivity index (χ2n) is 6.11. The lowest BCUT2D eigenvalue weighted by Crippen LogP contribution is -2.07. The molecule has 24 heavy (non-hydrogen) atoms. The number of hydrogen-bond donors (Lipinski definition) is 0. The van der Waals surface area contributed by atoms with E-state index in [0.29, 0.717) is 0 Å². The molecule has 0 atom stereocenters. The Hall–Kier alpha value is -2.58. The molecule has 0 N–H and O–H groups in total. The van der Waals surface area contributed by atoms with E-state index < -0.39 is 0 Å². The monoisotopic (exact) mass is 329 g/mol. The molecule has 3 aromatic carbocycles. The van der Waals surface area contributed by atoms with E-state index in [0.717, 1.165) is 0 Å². The summed E-state index contributed by atoms with van der Waals surface area (Å²) in [6.07, 6.45) is 0. The minimum Gasteiger partial charge on any atom is -0.378 e. The van der Waals surface area contributed by atoms with Gasteiger partial charge < -0.3 is 4.90 Å². The summed E-state index contributed by atoms with van der Waals surface area (Å²) in [5, 5.41) is 1.33. The van der Waals surface area contributed by atoms with Crippen LogP contribution in [-0.4, -0.2) is 14.1 Å². The molecule has 0 aliphatic heterocycles. The molecule has 0 fully saturated rings. The highest BCUT2D eigenvalue weighted by atomic mass is 32.1. The molecule has 118 valence electrons. The largest absolute Gasteiger partial charge is 0.378 e. The summed E-state index contributed by atoms with van der Waals surface area (Å²) in [6, 6.07) is 28.2. The lowest BCUT2D eigenvalue weighted by molar-refractivity contribution is 1.13. The van der Waals surface area contributed by atoms with Gasteiger partial charge in [-0.25, -0.2) is 0 Å². The van der Waals surface area contributed by atoms with Crippen molar-refractivity contribution < 1.29 is 0 Å². The third-order valence-electron chi connectivity index (χ3n) is 4.30. The molecule has 0 spiro atoms. The summed E-state index contributed by atoms with van der Waals surface area (Å²) < 4.78 is 1.34. The summed E-state index contributed by atoms with van der Waals surface area (Å²) in [5.41, 5.74) is 5.12. The SMILES string of the molecule is CN(C)c1ccc(-c2sc3ccccc3c2-c2ccccc2)cc1. The van der Waals surface area contributed by atoms with Crippen LogP contribution in [0.4, 0.5) is 5.69 Å². The quantitative estimate of drug-likeness (QED) is 0.426. The fourth-order valence-corrected chi connectivity index (χ4v) is 4.28. The molecule has 0 radical (unpaired) electrons. The fourth-order valence-electron chi connectivity index (χ4n) is 3.05. The van der Waals surface area contributed by atoms with E-state index in [1.54, 1.807) is 0 Å². The van der Waals surface area contributed by atoms with Gasteiger partial charge in [-0.3, -0.25) is 0 Å². The highest BCUT2D eigenvalue weighted by Gasteiger charge is 2.15. The molecule has 0 unspecified atom stereocenters. The van der Waals surface area contributed by atoms with E-state index in [1.807, 2.05) is 11.3 Å². The van der Waals surface area contributed by atoms with Crippen LogP contribution in [-0.2, 0) is 0 Å². The predicted octanol–water partition coefficient (Wildman–Crippen LogP) is 6.30. The summed E-state index contributed by atoms with van der Waals surface area (Å²) in [5.74, 6) is 0. The average Bonchev–Trinajstić information content (AvgIpc) is 3.02. The van der Waals surface area contributed by atoms with E-state index in [4.69, 9.17) is 0 Å². The Morgan fingerprint density at radius 2 is 1.33 bits per heavy atom. The van der Waals surface area contributed by atoms with Crippen LogP contribution in [0.15, 0.2) is 78.9 Å². The topological polar surface area (TPSA) is 3.24 Å². The van der Waals surface area contributed by atoms with Crippen molar-refractivity contribution >= 4 is 27.1 Å². The Morgan fingerprint density at radius 3 is 2.04 bits per heavy atom. The molecule has 1 nitrogen and oxygen atoms in total. The van der Waals surface area contributed by atoms with Gasteiger partial charge in [-0.05, 0) is 29.3 Å². The number of anilines is 1. The Kier molecular flexibility index (Phi) is 3.83. The first-order chi connectivity index (χ1) is 11.7. The number of nitrogens with zero attached hydrogens (tertiary/aromatic N) is 1. The molecule has 0 saturated carbocycles. The van der Waals surface area contributed by atoms with Gasteiger partial charge in [0.25, 0.3) is 0 Å². The van der Waals surface area contributed by atoms with Crippen LogP contribution in [0.2, 0.25) is 0 Å². The molecule has 1 heterocycles. The van der Waals surface area contributed by atoms with Gasteiger partial charge in [0.1, 0.15) is 0 Å². The highest BCUT2D eigenvalue weighted by Crippen LogP contribution is 2.44. The lowest BCUT2D eigenvalue weighted by atomic mass is 9.99. The fraction of sp³-hybridized carbons (Fsp3) is 0.0909. The van der Waals surface area contributed by atoms with Crippen molar-refractivity contribution in [2.75, 3.05) is 19.0 Å². The van der Waals surface area contributed by atoms with Gasteiger partial charge in [0.2, 0.25) is 0 Å². The number of rotatable bonds is 3. The van der Waals surface area contributed by atoms with E-state index >= 15 is 0 Å². The molecule has 0 aliphatic carbocycles. The molecule has 4 rings (SSSR count). The van der Waals surface area contributed by atoms with Gasteiger partial charge in [-0.2, -0.15) is 0 Å². The normalized spacial score (nSPS) is 10.9. The van der Waals surface area contributed by atoms with Gasteiger partial charge in [0, 0.05) is 40.3 Å². The van der Waals surface area contributed by atoms with Gasteiger partial charge in [0.15, 0.2) is 0 Å². The first-order valence-electron chi connectivity index (χ1n) is 8.09. The Morgan fingerprint density at radius 1 is 0.667 bits per heavy atom.